The fraction of sp³-hybridized carbons (Fsp3) is 0.231. The highest BCUT2D eigenvalue weighted by molar-refractivity contribution is 5.90. The zero-order chi connectivity index (χ0) is 20.3. The Morgan fingerprint density at radius 2 is 1.43 bits per heavy atom. The quantitative estimate of drug-likeness (QED) is 0.490. The summed E-state index contributed by atoms with van der Waals surface area (Å²) in [5.41, 5.74) is 4.60. The van der Waals surface area contributed by atoms with Gasteiger partial charge in [-0.15, -0.1) is 0 Å². The highest BCUT2D eigenvalue weighted by Gasteiger charge is 2.24. The van der Waals surface area contributed by atoms with Crippen LogP contribution in [-0.4, -0.2) is 36.3 Å². The Balaban J connectivity index is 1.72. The van der Waals surface area contributed by atoms with Gasteiger partial charge in [-0.3, -0.25) is 0 Å². The molecule has 1 aliphatic heterocycles. The van der Waals surface area contributed by atoms with Crippen molar-refractivity contribution in [1.82, 2.24) is 9.97 Å². The van der Waals surface area contributed by atoms with E-state index < -0.39 is 0 Å². The standard InChI is InChI=1S/C26H25N3O/c1-19-12-13-23-22(18-19)26(29-14-16-30-17-15-29)28-25(27-23)24(20-8-4-2-5-9-20)21-10-6-3-7-11-21/h2-13,18,24H,14-17H2,1H3. The van der Waals surface area contributed by atoms with Crippen molar-refractivity contribution in [2.24, 2.45) is 0 Å². The number of anilines is 1. The number of aryl methyl sites for hydroxylation is 1. The molecule has 5 rings (SSSR count). The fourth-order valence-corrected chi connectivity index (χ4v) is 4.17. The molecular weight excluding hydrogens is 370 g/mol. The molecule has 2 heterocycles. The van der Waals surface area contributed by atoms with Crippen molar-refractivity contribution >= 4 is 16.7 Å². The van der Waals surface area contributed by atoms with E-state index in [0.717, 1.165) is 48.8 Å². The maximum atomic E-state index is 5.59. The Hall–Kier alpha value is -3.24. The summed E-state index contributed by atoms with van der Waals surface area (Å²) in [6, 6.07) is 27.5. The Morgan fingerprint density at radius 1 is 0.800 bits per heavy atom. The molecule has 1 aromatic heterocycles. The fourth-order valence-electron chi connectivity index (χ4n) is 4.17. The van der Waals surface area contributed by atoms with Gasteiger partial charge in [0, 0.05) is 18.5 Å². The smallest absolute Gasteiger partial charge is 0.143 e. The van der Waals surface area contributed by atoms with Gasteiger partial charge < -0.3 is 9.64 Å². The minimum Gasteiger partial charge on any atom is -0.378 e. The van der Waals surface area contributed by atoms with E-state index in [1.807, 2.05) is 0 Å². The summed E-state index contributed by atoms with van der Waals surface area (Å²) in [4.78, 5) is 12.6. The van der Waals surface area contributed by atoms with Crippen molar-refractivity contribution in [2.75, 3.05) is 31.2 Å². The van der Waals surface area contributed by atoms with Crippen molar-refractivity contribution in [3.05, 3.63) is 101 Å². The number of hydrogen-bond acceptors (Lipinski definition) is 4. The van der Waals surface area contributed by atoms with Gasteiger partial charge in [0.05, 0.1) is 24.6 Å². The molecule has 150 valence electrons. The van der Waals surface area contributed by atoms with Crippen LogP contribution in [0.1, 0.15) is 28.4 Å². The summed E-state index contributed by atoms with van der Waals surface area (Å²) in [5, 5.41) is 1.11. The van der Waals surface area contributed by atoms with Gasteiger partial charge in [0.1, 0.15) is 11.6 Å². The summed E-state index contributed by atoms with van der Waals surface area (Å²) >= 11 is 0. The molecule has 0 radical (unpaired) electrons. The molecule has 1 fully saturated rings. The predicted molar refractivity (Wildman–Crippen MR) is 121 cm³/mol. The molecule has 30 heavy (non-hydrogen) atoms. The lowest BCUT2D eigenvalue weighted by Crippen LogP contribution is -2.37. The second kappa shape index (κ2) is 8.25. The highest BCUT2D eigenvalue weighted by atomic mass is 16.5. The van der Waals surface area contributed by atoms with Gasteiger partial charge in [-0.2, -0.15) is 0 Å². The average molecular weight is 396 g/mol. The Morgan fingerprint density at radius 3 is 2.07 bits per heavy atom. The molecule has 0 bridgehead atoms. The SMILES string of the molecule is Cc1ccc2nc(C(c3ccccc3)c3ccccc3)nc(N3CCOCC3)c2c1. The van der Waals surface area contributed by atoms with Crippen molar-refractivity contribution < 1.29 is 4.74 Å². The molecule has 4 nitrogen and oxygen atoms in total. The van der Waals surface area contributed by atoms with Crippen molar-refractivity contribution in [2.45, 2.75) is 12.8 Å². The zero-order valence-electron chi connectivity index (χ0n) is 17.2. The Kier molecular flexibility index (Phi) is 5.16. The maximum absolute atomic E-state index is 5.59. The largest absolute Gasteiger partial charge is 0.378 e. The second-order valence-electron chi connectivity index (χ2n) is 7.78. The molecule has 0 saturated carbocycles. The topological polar surface area (TPSA) is 38.2 Å². The first-order chi connectivity index (χ1) is 14.8. The molecular formula is C26H25N3O. The van der Waals surface area contributed by atoms with Crippen LogP contribution < -0.4 is 4.90 Å². The summed E-state index contributed by atoms with van der Waals surface area (Å²) in [5.74, 6) is 1.84. The van der Waals surface area contributed by atoms with Gasteiger partial charge in [-0.05, 0) is 30.2 Å². The van der Waals surface area contributed by atoms with Gasteiger partial charge >= 0.3 is 0 Å². The zero-order valence-corrected chi connectivity index (χ0v) is 17.2. The predicted octanol–water partition coefficient (Wildman–Crippen LogP) is 4.96. The van der Waals surface area contributed by atoms with Crippen LogP contribution in [0.15, 0.2) is 78.9 Å². The summed E-state index contributed by atoms with van der Waals surface area (Å²) < 4.78 is 5.59. The summed E-state index contributed by atoms with van der Waals surface area (Å²) in [6.07, 6.45) is 0. The molecule has 0 aliphatic carbocycles. The molecule has 0 amide bonds. The van der Waals surface area contributed by atoms with Crippen LogP contribution in [0.5, 0.6) is 0 Å². The Labute approximate surface area is 177 Å². The van der Waals surface area contributed by atoms with E-state index in [0.29, 0.717) is 0 Å². The number of benzene rings is 3. The number of morpholine rings is 1. The average Bonchev–Trinajstić information content (AvgIpc) is 2.81. The van der Waals surface area contributed by atoms with E-state index in [9.17, 15) is 0 Å². The number of rotatable bonds is 4. The molecule has 0 N–H and O–H groups in total. The van der Waals surface area contributed by atoms with Crippen LogP contribution in [0, 0.1) is 6.92 Å². The van der Waals surface area contributed by atoms with Crippen LogP contribution in [-0.2, 0) is 4.74 Å². The first kappa shape index (κ1) is 18.8. The van der Waals surface area contributed by atoms with Gasteiger partial charge in [0.15, 0.2) is 0 Å². The monoisotopic (exact) mass is 395 g/mol. The van der Waals surface area contributed by atoms with Crippen LogP contribution in [0.25, 0.3) is 10.9 Å². The van der Waals surface area contributed by atoms with Crippen molar-refractivity contribution in [3.8, 4) is 0 Å². The van der Waals surface area contributed by atoms with Crippen LogP contribution in [0.4, 0.5) is 5.82 Å². The van der Waals surface area contributed by atoms with E-state index in [1.165, 1.54) is 16.7 Å². The molecule has 4 aromatic rings. The highest BCUT2D eigenvalue weighted by Crippen LogP contribution is 2.34. The normalized spacial score (nSPS) is 14.4. The second-order valence-corrected chi connectivity index (χ2v) is 7.78. The maximum Gasteiger partial charge on any atom is 0.143 e. The number of hydrogen-bond donors (Lipinski definition) is 0. The molecule has 1 saturated heterocycles. The number of aromatic nitrogens is 2. The molecule has 0 spiro atoms. The molecule has 0 atom stereocenters. The van der Waals surface area contributed by atoms with E-state index in [-0.39, 0.29) is 5.92 Å². The first-order valence-electron chi connectivity index (χ1n) is 10.5. The molecule has 4 heteroatoms. The minimum atomic E-state index is -0.0158. The lowest BCUT2D eigenvalue weighted by Gasteiger charge is -2.29. The number of nitrogens with zero attached hydrogens (tertiary/aromatic N) is 3. The third kappa shape index (κ3) is 3.66. The molecule has 3 aromatic carbocycles. The summed E-state index contributed by atoms with van der Waals surface area (Å²) in [7, 11) is 0. The summed E-state index contributed by atoms with van der Waals surface area (Å²) in [6.45, 7) is 5.27. The third-order valence-corrected chi connectivity index (χ3v) is 5.68. The lowest BCUT2D eigenvalue weighted by molar-refractivity contribution is 0.122. The molecule has 0 unspecified atom stereocenters. The lowest BCUT2D eigenvalue weighted by atomic mass is 9.90. The van der Waals surface area contributed by atoms with E-state index in [1.54, 1.807) is 0 Å². The van der Waals surface area contributed by atoms with Gasteiger partial charge in [-0.25, -0.2) is 9.97 Å². The Bertz CT molecular complexity index is 1100. The van der Waals surface area contributed by atoms with Crippen LogP contribution >= 0.6 is 0 Å². The molecule has 1 aliphatic rings. The van der Waals surface area contributed by atoms with Gasteiger partial charge in [-0.1, -0.05) is 72.3 Å². The van der Waals surface area contributed by atoms with Crippen molar-refractivity contribution in [1.29, 1.82) is 0 Å². The van der Waals surface area contributed by atoms with E-state index in [2.05, 4.69) is 90.7 Å². The van der Waals surface area contributed by atoms with E-state index in [4.69, 9.17) is 14.7 Å². The van der Waals surface area contributed by atoms with Crippen LogP contribution in [0.2, 0.25) is 0 Å². The number of fused-ring (bicyclic) bond motifs is 1. The van der Waals surface area contributed by atoms with E-state index >= 15 is 0 Å². The van der Waals surface area contributed by atoms with Gasteiger partial charge in [0.2, 0.25) is 0 Å². The third-order valence-electron chi connectivity index (χ3n) is 5.68. The van der Waals surface area contributed by atoms with Crippen LogP contribution in [0.3, 0.4) is 0 Å². The minimum absolute atomic E-state index is 0.0158. The number of ether oxygens (including phenoxy) is 1. The van der Waals surface area contributed by atoms with Gasteiger partial charge in [0.25, 0.3) is 0 Å². The first-order valence-corrected chi connectivity index (χ1v) is 10.5. The van der Waals surface area contributed by atoms with Crippen molar-refractivity contribution in [3.63, 3.8) is 0 Å².